The van der Waals surface area contributed by atoms with Crippen LogP contribution in [0.25, 0.3) is 0 Å². The predicted octanol–water partition coefficient (Wildman–Crippen LogP) is 2.10. The Hall–Kier alpha value is -1.95. The molecule has 1 aromatic carbocycles. The van der Waals surface area contributed by atoms with E-state index in [-0.39, 0.29) is 17.6 Å². The fourth-order valence-electron chi connectivity index (χ4n) is 3.86. The van der Waals surface area contributed by atoms with Gasteiger partial charge in [0.25, 0.3) is 11.6 Å². The van der Waals surface area contributed by atoms with E-state index in [1.807, 2.05) is 4.90 Å². The molecule has 118 valence electrons. The van der Waals surface area contributed by atoms with Crippen molar-refractivity contribution in [2.24, 2.45) is 17.6 Å². The maximum absolute atomic E-state index is 12.7. The van der Waals surface area contributed by atoms with Gasteiger partial charge in [-0.15, -0.1) is 0 Å². The number of rotatable bonds is 2. The summed E-state index contributed by atoms with van der Waals surface area (Å²) >= 11 is 0. The third-order valence-electron chi connectivity index (χ3n) is 4.96. The van der Waals surface area contributed by atoms with Crippen LogP contribution in [0.15, 0.2) is 18.2 Å². The minimum Gasteiger partial charge on any atom is -0.338 e. The van der Waals surface area contributed by atoms with Crippen molar-refractivity contribution in [3.8, 4) is 0 Å². The summed E-state index contributed by atoms with van der Waals surface area (Å²) in [5.74, 6) is 0.735. The van der Waals surface area contributed by atoms with Crippen molar-refractivity contribution >= 4 is 11.6 Å². The Morgan fingerprint density at radius 1 is 1.32 bits per heavy atom. The second-order valence-electron chi connectivity index (χ2n) is 6.54. The van der Waals surface area contributed by atoms with Crippen LogP contribution in [0.5, 0.6) is 0 Å². The molecule has 6 nitrogen and oxygen atoms in total. The first kappa shape index (κ1) is 15.0. The monoisotopic (exact) mass is 303 g/mol. The molecule has 2 fully saturated rings. The number of aryl methyl sites for hydroxylation is 1. The highest BCUT2D eigenvalue weighted by Crippen LogP contribution is 2.36. The van der Waals surface area contributed by atoms with E-state index >= 15 is 0 Å². The molecule has 1 aliphatic carbocycles. The lowest BCUT2D eigenvalue weighted by Gasteiger charge is -2.29. The second-order valence-corrected chi connectivity index (χ2v) is 6.54. The van der Waals surface area contributed by atoms with Gasteiger partial charge in [-0.1, -0.05) is 6.42 Å². The number of likely N-dealkylation sites (tertiary alicyclic amines) is 1. The number of nitrogens with zero attached hydrogens (tertiary/aromatic N) is 2. The van der Waals surface area contributed by atoms with Crippen molar-refractivity contribution in [3.05, 3.63) is 39.4 Å². The van der Waals surface area contributed by atoms with Crippen LogP contribution in [0.3, 0.4) is 0 Å². The fourth-order valence-corrected chi connectivity index (χ4v) is 3.86. The largest absolute Gasteiger partial charge is 0.338 e. The number of hydrogen-bond acceptors (Lipinski definition) is 4. The van der Waals surface area contributed by atoms with Gasteiger partial charge in [-0.2, -0.15) is 0 Å². The lowest BCUT2D eigenvalue weighted by molar-refractivity contribution is -0.384. The number of benzene rings is 1. The van der Waals surface area contributed by atoms with E-state index in [0.717, 1.165) is 31.4 Å². The topological polar surface area (TPSA) is 89.5 Å². The summed E-state index contributed by atoms with van der Waals surface area (Å²) in [5.41, 5.74) is 7.28. The summed E-state index contributed by atoms with van der Waals surface area (Å²) in [6.07, 6.45) is 3.27. The SMILES string of the molecule is Cc1cc(C(=O)N2CC3CCCC(N)C3C2)cc([N+](=O)[O-])c1. The molecule has 1 saturated carbocycles. The van der Waals surface area contributed by atoms with E-state index in [2.05, 4.69) is 0 Å². The van der Waals surface area contributed by atoms with E-state index in [1.54, 1.807) is 13.0 Å². The summed E-state index contributed by atoms with van der Waals surface area (Å²) in [6, 6.07) is 4.74. The molecule has 1 aromatic rings. The molecule has 2 aliphatic rings. The molecule has 1 heterocycles. The van der Waals surface area contributed by atoms with Gasteiger partial charge in [0.15, 0.2) is 0 Å². The molecule has 3 unspecified atom stereocenters. The van der Waals surface area contributed by atoms with Crippen molar-refractivity contribution in [2.45, 2.75) is 32.2 Å². The lowest BCUT2D eigenvalue weighted by atomic mass is 9.78. The van der Waals surface area contributed by atoms with Gasteiger partial charge in [0, 0.05) is 36.8 Å². The van der Waals surface area contributed by atoms with E-state index in [1.165, 1.54) is 12.1 Å². The third-order valence-corrected chi connectivity index (χ3v) is 4.96. The Morgan fingerprint density at radius 3 is 2.77 bits per heavy atom. The molecule has 2 N–H and O–H groups in total. The van der Waals surface area contributed by atoms with Crippen molar-refractivity contribution < 1.29 is 9.72 Å². The highest BCUT2D eigenvalue weighted by atomic mass is 16.6. The number of nitro benzene ring substituents is 1. The number of nitro groups is 1. The number of amides is 1. The Balaban J connectivity index is 1.81. The summed E-state index contributed by atoms with van der Waals surface area (Å²) < 4.78 is 0. The van der Waals surface area contributed by atoms with Crippen LogP contribution in [-0.4, -0.2) is 34.9 Å². The number of fused-ring (bicyclic) bond motifs is 1. The Labute approximate surface area is 129 Å². The highest BCUT2D eigenvalue weighted by molar-refractivity contribution is 5.95. The second kappa shape index (κ2) is 5.68. The van der Waals surface area contributed by atoms with Gasteiger partial charge in [-0.3, -0.25) is 14.9 Å². The molecule has 6 heteroatoms. The molecule has 3 atom stereocenters. The summed E-state index contributed by atoms with van der Waals surface area (Å²) in [5, 5.41) is 11.0. The first-order valence-electron chi connectivity index (χ1n) is 7.76. The van der Waals surface area contributed by atoms with Crippen LogP contribution in [0.1, 0.15) is 35.2 Å². The van der Waals surface area contributed by atoms with E-state index in [0.29, 0.717) is 23.9 Å². The van der Waals surface area contributed by atoms with Crippen molar-refractivity contribution in [1.82, 2.24) is 4.90 Å². The predicted molar refractivity (Wildman–Crippen MR) is 82.5 cm³/mol. The average molecular weight is 303 g/mol. The van der Waals surface area contributed by atoms with Crippen molar-refractivity contribution in [3.63, 3.8) is 0 Å². The smallest absolute Gasteiger partial charge is 0.270 e. The van der Waals surface area contributed by atoms with Gasteiger partial charge in [-0.25, -0.2) is 0 Å². The number of hydrogen-bond donors (Lipinski definition) is 1. The van der Waals surface area contributed by atoms with Gasteiger partial charge in [0.1, 0.15) is 0 Å². The van der Waals surface area contributed by atoms with Gasteiger partial charge < -0.3 is 10.6 Å². The van der Waals surface area contributed by atoms with Crippen LogP contribution >= 0.6 is 0 Å². The van der Waals surface area contributed by atoms with Crippen LogP contribution in [0.2, 0.25) is 0 Å². The summed E-state index contributed by atoms with van der Waals surface area (Å²) in [6.45, 7) is 3.16. The molecule has 0 spiro atoms. The Bertz CT molecular complexity index is 617. The van der Waals surface area contributed by atoms with Gasteiger partial charge in [-0.05, 0) is 43.2 Å². The molecule has 1 aliphatic heterocycles. The fraction of sp³-hybridized carbons (Fsp3) is 0.562. The average Bonchev–Trinajstić information content (AvgIpc) is 2.91. The molecule has 0 aromatic heterocycles. The lowest BCUT2D eigenvalue weighted by Crippen LogP contribution is -2.38. The van der Waals surface area contributed by atoms with E-state index < -0.39 is 4.92 Å². The molecular weight excluding hydrogens is 282 g/mol. The molecule has 1 amide bonds. The first-order chi connectivity index (χ1) is 10.5. The maximum atomic E-state index is 12.7. The minimum atomic E-state index is -0.455. The molecule has 3 rings (SSSR count). The first-order valence-corrected chi connectivity index (χ1v) is 7.76. The van der Waals surface area contributed by atoms with Crippen LogP contribution in [0.4, 0.5) is 5.69 Å². The summed E-state index contributed by atoms with van der Waals surface area (Å²) in [4.78, 5) is 25.0. The van der Waals surface area contributed by atoms with Crippen molar-refractivity contribution in [2.75, 3.05) is 13.1 Å². The van der Waals surface area contributed by atoms with E-state index in [9.17, 15) is 14.9 Å². The summed E-state index contributed by atoms with van der Waals surface area (Å²) in [7, 11) is 0. The number of carbonyl (C=O) groups is 1. The van der Waals surface area contributed by atoms with Gasteiger partial charge >= 0.3 is 0 Å². The Morgan fingerprint density at radius 2 is 2.09 bits per heavy atom. The van der Waals surface area contributed by atoms with Crippen LogP contribution < -0.4 is 5.73 Å². The number of nitrogens with two attached hydrogens (primary N) is 1. The van der Waals surface area contributed by atoms with Gasteiger partial charge in [0.2, 0.25) is 0 Å². The molecule has 0 radical (unpaired) electrons. The highest BCUT2D eigenvalue weighted by Gasteiger charge is 2.40. The zero-order valence-electron chi connectivity index (χ0n) is 12.7. The zero-order chi connectivity index (χ0) is 15.9. The van der Waals surface area contributed by atoms with E-state index in [4.69, 9.17) is 5.73 Å². The third kappa shape index (κ3) is 2.70. The van der Waals surface area contributed by atoms with Crippen molar-refractivity contribution in [1.29, 1.82) is 0 Å². The molecule has 1 saturated heterocycles. The van der Waals surface area contributed by atoms with Gasteiger partial charge in [0.05, 0.1) is 4.92 Å². The Kier molecular flexibility index (Phi) is 3.87. The molecule has 0 bridgehead atoms. The standard InChI is InChI=1S/C16H21N3O3/c1-10-5-12(7-13(6-10)19(21)22)16(20)18-8-11-3-2-4-15(17)14(11)9-18/h5-7,11,14-15H,2-4,8-9,17H2,1H3. The van der Waals surface area contributed by atoms with Crippen LogP contribution in [-0.2, 0) is 0 Å². The number of non-ortho nitro benzene ring substituents is 1. The normalized spacial score (nSPS) is 27.5. The minimum absolute atomic E-state index is 0.0309. The zero-order valence-corrected chi connectivity index (χ0v) is 12.7. The maximum Gasteiger partial charge on any atom is 0.270 e. The quantitative estimate of drug-likeness (QED) is 0.669. The molecular formula is C16H21N3O3. The molecule has 22 heavy (non-hydrogen) atoms. The number of carbonyl (C=O) groups excluding carboxylic acids is 1. The van der Waals surface area contributed by atoms with Crippen LogP contribution in [0, 0.1) is 28.9 Å².